The average molecular weight is 200 g/mol. The van der Waals surface area contributed by atoms with E-state index in [-0.39, 0.29) is 5.69 Å². The van der Waals surface area contributed by atoms with Crippen molar-refractivity contribution in [2.75, 3.05) is 0 Å². The number of hydrogen-bond acceptors (Lipinski definition) is 3. The summed E-state index contributed by atoms with van der Waals surface area (Å²) in [6.07, 6.45) is 0. The number of benzene rings is 1. The zero-order valence-corrected chi connectivity index (χ0v) is 7.49. The van der Waals surface area contributed by atoms with Crippen molar-refractivity contribution in [3.63, 3.8) is 0 Å². The predicted octanol–water partition coefficient (Wildman–Crippen LogP) is 0.544. The van der Waals surface area contributed by atoms with Gasteiger partial charge in [-0.05, 0) is 18.0 Å². The van der Waals surface area contributed by atoms with Crippen LogP contribution in [0.15, 0.2) is 29.2 Å². The summed E-state index contributed by atoms with van der Waals surface area (Å²) in [7, 11) is -2.77. The fourth-order valence-electron chi connectivity index (χ4n) is 0.798. The number of hydrogen-bond donors (Lipinski definition) is 1. The first-order valence-electron chi connectivity index (χ1n) is 3.31. The summed E-state index contributed by atoms with van der Waals surface area (Å²) in [5, 5.41) is 15.5. The first-order chi connectivity index (χ1) is 5.91. The molecule has 13 heavy (non-hydrogen) atoms. The number of rotatable bonds is 2. The smallest absolute Gasteiger partial charge is 0.258 e. The van der Waals surface area contributed by atoms with Crippen LogP contribution in [-0.4, -0.2) is 15.0 Å². The molecule has 6 heteroatoms. The molecule has 0 amide bonds. The first kappa shape index (κ1) is 9.69. The van der Waals surface area contributed by atoms with E-state index in [2.05, 4.69) is 5.87 Å². The second-order valence-corrected chi connectivity index (χ2v) is 4.40. The molecule has 0 bridgehead atoms. The maximum Gasteiger partial charge on any atom is 0.269 e. The van der Waals surface area contributed by atoms with Crippen LogP contribution in [0, 0.1) is 10.1 Å². The third-order valence-corrected chi connectivity index (χ3v) is 2.52. The number of nitrogens with two attached hydrogens (primary N) is 1. The minimum absolute atomic E-state index is 0.0626. The van der Waals surface area contributed by atoms with E-state index < -0.39 is 14.6 Å². The molecule has 1 rings (SSSR count). The Hall–Kier alpha value is -1.40. The van der Waals surface area contributed by atoms with Crippen molar-refractivity contribution in [2.24, 2.45) is 5.14 Å². The highest BCUT2D eigenvalue weighted by molar-refractivity contribution is 7.98. The lowest BCUT2D eigenvalue weighted by Crippen LogP contribution is -2.11. The van der Waals surface area contributed by atoms with Crippen molar-refractivity contribution in [3.8, 4) is 0 Å². The molecule has 0 fully saturated rings. The maximum atomic E-state index is 11.2. The minimum atomic E-state index is -2.77. The Labute approximate surface area is 75.5 Å². The summed E-state index contributed by atoms with van der Waals surface area (Å²) in [6, 6.07) is 5.17. The number of nitrogens with zero attached hydrogens (tertiary/aromatic N) is 1. The highest BCUT2D eigenvalue weighted by Gasteiger charge is 2.06. The van der Waals surface area contributed by atoms with E-state index >= 15 is 0 Å². The number of nitro benzene ring substituents is 1. The molecule has 2 N–H and O–H groups in total. The zero-order valence-electron chi connectivity index (χ0n) is 6.67. The van der Waals surface area contributed by atoms with Gasteiger partial charge in [-0.15, -0.1) is 0 Å². The van der Waals surface area contributed by atoms with Crippen LogP contribution in [0.1, 0.15) is 0 Å². The minimum Gasteiger partial charge on any atom is -0.258 e. The quantitative estimate of drug-likeness (QED) is 0.429. The first-order valence-corrected chi connectivity index (χ1v) is 5.10. The summed E-state index contributed by atoms with van der Waals surface area (Å²) < 4.78 is 11.2. The topological polar surface area (TPSA) is 86.2 Å². The summed E-state index contributed by atoms with van der Waals surface area (Å²) in [6.45, 7) is 0. The molecule has 1 aromatic rings. The van der Waals surface area contributed by atoms with Gasteiger partial charge in [-0.2, -0.15) is 0 Å². The van der Waals surface area contributed by atoms with Crippen molar-refractivity contribution >= 4 is 21.3 Å². The number of non-ortho nitro benzene ring substituents is 1. The monoisotopic (exact) mass is 200 g/mol. The summed E-state index contributed by atoms with van der Waals surface area (Å²) in [5.74, 6) is 3.25. The van der Waals surface area contributed by atoms with Crippen molar-refractivity contribution in [1.82, 2.24) is 0 Å². The fourth-order valence-corrected chi connectivity index (χ4v) is 1.39. The molecular formula is C7H8N2O3S. The highest BCUT2D eigenvalue weighted by Crippen LogP contribution is 2.14. The molecule has 0 heterocycles. The molecule has 0 aliphatic carbocycles. The summed E-state index contributed by atoms with van der Waals surface area (Å²) in [4.78, 5) is 10.0. The lowest BCUT2D eigenvalue weighted by molar-refractivity contribution is -0.384. The normalized spacial score (nSPS) is 14.8. The lowest BCUT2D eigenvalue weighted by atomic mass is 10.3. The van der Waals surface area contributed by atoms with Crippen molar-refractivity contribution in [3.05, 3.63) is 34.4 Å². The van der Waals surface area contributed by atoms with E-state index in [0.29, 0.717) is 4.90 Å². The Balaban J connectivity index is 3.16. The molecule has 0 aliphatic rings. The second kappa shape index (κ2) is 3.15. The van der Waals surface area contributed by atoms with Crippen LogP contribution in [-0.2, 0) is 9.71 Å². The molecule has 0 spiro atoms. The number of nitro groups is 1. The van der Waals surface area contributed by atoms with Crippen molar-refractivity contribution in [2.45, 2.75) is 4.90 Å². The molecule has 0 radical (unpaired) electrons. The largest absolute Gasteiger partial charge is 0.269 e. The van der Waals surface area contributed by atoms with Crippen molar-refractivity contribution < 1.29 is 9.13 Å². The van der Waals surface area contributed by atoms with Gasteiger partial charge >= 0.3 is 0 Å². The Bertz CT molecular complexity index is 422. The Morgan fingerprint density at radius 3 is 2.15 bits per heavy atom. The van der Waals surface area contributed by atoms with Gasteiger partial charge in [-0.3, -0.25) is 15.3 Å². The van der Waals surface area contributed by atoms with Gasteiger partial charge < -0.3 is 0 Å². The van der Waals surface area contributed by atoms with Crippen LogP contribution in [0.4, 0.5) is 5.69 Å². The molecular weight excluding hydrogens is 192 g/mol. The van der Waals surface area contributed by atoms with Crippen LogP contribution in [0.3, 0.4) is 0 Å². The molecule has 70 valence electrons. The van der Waals surface area contributed by atoms with E-state index in [1.165, 1.54) is 24.3 Å². The van der Waals surface area contributed by atoms with Gasteiger partial charge in [-0.25, -0.2) is 4.21 Å². The van der Waals surface area contributed by atoms with E-state index in [9.17, 15) is 14.3 Å². The highest BCUT2D eigenvalue weighted by atomic mass is 32.2. The molecule has 1 unspecified atom stereocenters. The average Bonchev–Trinajstić information content (AvgIpc) is 2.03. The van der Waals surface area contributed by atoms with Crippen LogP contribution < -0.4 is 5.14 Å². The SMILES string of the molecule is C=S(N)(=O)c1ccc([N+](=O)[O-])cc1. The van der Waals surface area contributed by atoms with Crippen LogP contribution >= 0.6 is 0 Å². The molecule has 1 aromatic carbocycles. The Morgan fingerprint density at radius 1 is 1.38 bits per heavy atom. The maximum absolute atomic E-state index is 11.2. The third kappa shape index (κ3) is 2.27. The van der Waals surface area contributed by atoms with Gasteiger partial charge in [0.05, 0.1) is 14.6 Å². The van der Waals surface area contributed by atoms with Gasteiger partial charge in [-0.1, -0.05) is 0 Å². The van der Waals surface area contributed by atoms with E-state index in [4.69, 9.17) is 5.14 Å². The standard InChI is InChI=1S/C7H8N2O3S/c1-13(8,12)7-4-2-6(3-5-7)9(10)11/h2-5H,1H2,(H2,8,12). The van der Waals surface area contributed by atoms with Crippen LogP contribution in [0.5, 0.6) is 0 Å². The van der Waals surface area contributed by atoms with E-state index in [0.717, 1.165) is 0 Å². The van der Waals surface area contributed by atoms with Gasteiger partial charge in [0, 0.05) is 17.0 Å². The Morgan fingerprint density at radius 2 is 1.85 bits per heavy atom. The molecule has 0 aromatic heterocycles. The van der Waals surface area contributed by atoms with Gasteiger partial charge in [0.2, 0.25) is 0 Å². The lowest BCUT2D eigenvalue weighted by Gasteiger charge is -2.00. The summed E-state index contributed by atoms with van der Waals surface area (Å²) >= 11 is 0. The van der Waals surface area contributed by atoms with Gasteiger partial charge in [0.15, 0.2) is 0 Å². The van der Waals surface area contributed by atoms with E-state index in [1.54, 1.807) is 0 Å². The third-order valence-electron chi connectivity index (χ3n) is 1.45. The fraction of sp³-hybridized carbons (Fsp3) is 0. The molecule has 1 atom stereocenters. The predicted molar refractivity (Wildman–Crippen MR) is 50.8 cm³/mol. The molecule has 5 nitrogen and oxygen atoms in total. The Kier molecular flexibility index (Phi) is 2.35. The molecule has 0 aliphatic heterocycles. The second-order valence-electron chi connectivity index (χ2n) is 2.48. The van der Waals surface area contributed by atoms with Gasteiger partial charge in [0.1, 0.15) is 0 Å². The van der Waals surface area contributed by atoms with Crippen LogP contribution in [0.2, 0.25) is 0 Å². The van der Waals surface area contributed by atoms with E-state index in [1.807, 2.05) is 0 Å². The molecule has 0 saturated heterocycles. The summed E-state index contributed by atoms with van der Waals surface area (Å²) in [5.41, 5.74) is -0.0626. The zero-order chi connectivity index (χ0) is 10.1. The van der Waals surface area contributed by atoms with Gasteiger partial charge in [0.25, 0.3) is 5.69 Å². The van der Waals surface area contributed by atoms with Crippen LogP contribution in [0.25, 0.3) is 0 Å². The molecule has 0 saturated carbocycles. The van der Waals surface area contributed by atoms with Crippen molar-refractivity contribution in [1.29, 1.82) is 0 Å².